The predicted octanol–water partition coefficient (Wildman–Crippen LogP) is 1.59. The van der Waals surface area contributed by atoms with Gasteiger partial charge in [-0.05, 0) is 10.8 Å². The monoisotopic (exact) mass is 309 g/mol. The van der Waals surface area contributed by atoms with Crippen LogP contribution < -0.4 is 5.48 Å². The topological polar surface area (TPSA) is 81.9 Å². The molecule has 7 heteroatoms. The lowest BCUT2D eigenvalue weighted by molar-refractivity contribution is -0.135. The lowest BCUT2D eigenvalue weighted by Crippen LogP contribution is -2.28. The molecule has 7 nitrogen and oxygen atoms in total. The van der Waals surface area contributed by atoms with Crippen molar-refractivity contribution in [3.05, 3.63) is 66.2 Å². The third kappa shape index (κ3) is 4.21. The number of hydrogen-bond donors (Lipinski definition) is 1. The van der Waals surface area contributed by atoms with E-state index in [1.807, 2.05) is 60.7 Å². The summed E-state index contributed by atoms with van der Waals surface area (Å²) in [5, 5.41) is 12.0. The number of tetrazole rings is 1. The third-order valence-electron chi connectivity index (χ3n) is 3.04. The van der Waals surface area contributed by atoms with Crippen LogP contribution in [-0.2, 0) is 22.8 Å². The van der Waals surface area contributed by atoms with Crippen LogP contribution in [0.1, 0.15) is 5.56 Å². The first kappa shape index (κ1) is 14.9. The Labute approximate surface area is 132 Å². The highest BCUT2D eigenvalue weighted by molar-refractivity contribution is 5.74. The number of hydrogen-bond acceptors (Lipinski definition) is 5. The molecule has 0 atom stereocenters. The van der Waals surface area contributed by atoms with Gasteiger partial charge in [0.2, 0.25) is 5.82 Å². The van der Waals surface area contributed by atoms with E-state index in [-0.39, 0.29) is 12.5 Å². The first-order chi connectivity index (χ1) is 11.3. The minimum Gasteiger partial charge on any atom is -0.271 e. The number of nitrogens with one attached hydrogen (secondary N) is 1. The molecule has 0 aliphatic carbocycles. The average molecular weight is 309 g/mol. The van der Waals surface area contributed by atoms with Gasteiger partial charge in [0.1, 0.15) is 6.54 Å². The van der Waals surface area contributed by atoms with Gasteiger partial charge in [0, 0.05) is 5.56 Å². The van der Waals surface area contributed by atoms with Crippen LogP contribution in [0.25, 0.3) is 11.4 Å². The van der Waals surface area contributed by atoms with Crippen molar-refractivity contribution in [2.24, 2.45) is 0 Å². The fraction of sp³-hybridized carbons (Fsp3) is 0.125. The molecule has 0 aliphatic heterocycles. The number of carbonyl (C=O) groups excluding carboxylic acids is 1. The van der Waals surface area contributed by atoms with Crippen molar-refractivity contribution in [3.8, 4) is 11.4 Å². The van der Waals surface area contributed by atoms with E-state index < -0.39 is 0 Å². The van der Waals surface area contributed by atoms with Gasteiger partial charge in [-0.25, -0.2) is 5.48 Å². The fourth-order valence-corrected chi connectivity index (χ4v) is 1.95. The molecule has 3 rings (SSSR count). The molecule has 1 aromatic heterocycles. The second-order valence-electron chi connectivity index (χ2n) is 4.81. The van der Waals surface area contributed by atoms with Crippen LogP contribution in [0.5, 0.6) is 0 Å². The van der Waals surface area contributed by atoms with Crippen molar-refractivity contribution in [1.82, 2.24) is 25.7 Å². The Balaban J connectivity index is 1.49. The van der Waals surface area contributed by atoms with Gasteiger partial charge in [-0.15, -0.1) is 10.2 Å². The molecular weight excluding hydrogens is 294 g/mol. The second kappa shape index (κ2) is 7.28. The summed E-state index contributed by atoms with van der Waals surface area (Å²) in [6, 6.07) is 19.0. The van der Waals surface area contributed by atoms with Crippen LogP contribution in [0.4, 0.5) is 0 Å². The SMILES string of the molecule is O=C(Cn1nnc(-c2ccccc2)n1)NOCc1ccccc1. The Morgan fingerprint density at radius 2 is 1.74 bits per heavy atom. The summed E-state index contributed by atoms with van der Waals surface area (Å²) in [4.78, 5) is 18.2. The molecule has 0 saturated carbocycles. The molecular formula is C16H15N5O2. The van der Waals surface area contributed by atoms with E-state index in [2.05, 4.69) is 20.9 Å². The standard InChI is InChI=1S/C16H15N5O2/c22-15(19-23-12-13-7-3-1-4-8-13)11-21-18-16(17-20-21)14-9-5-2-6-10-14/h1-10H,11-12H2,(H,19,22). The van der Waals surface area contributed by atoms with Crippen molar-refractivity contribution in [3.63, 3.8) is 0 Å². The van der Waals surface area contributed by atoms with Gasteiger partial charge >= 0.3 is 0 Å². The quantitative estimate of drug-likeness (QED) is 0.699. The molecule has 0 fully saturated rings. The Morgan fingerprint density at radius 1 is 1.04 bits per heavy atom. The lowest BCUT2D eigenvalue weighted by atomic mass is 10.2. The molecule has 1 heterocycles. The van der Waals surface area contributed by atoms with E-state index in [9.17, 15) is 4.79 Å². The van der Waals surface area contributed by atoms with Crippen LogP contribution in [-0.4, -0.2) is 26.1 Å². The molecule has 1 amide bonds. The first-order valence-corrected chi connectivity index (χ1v) is 7.09. The summed E-state index contributed by atoms with van der Waals surface area (Å²) in [7, 11) is 0. The summed E-state index contributed by atoms with van der Waals surface area (Å²) >= 11 is 0. The van der Waals surface area contributed by atoms with Gasteiger partial charge in [-0.1, -0.05) is 60.7 Å². The Hall–Kier alpha value is -3.06. The van der Waals surface area contributed by atoms with E-state index in [1.165, 1.54) is 4.80 Å². The van der Waals surface area contributed by atoms with E-state index >= 15 is 0 Å². The molecule has 116 valence electrons. The van der Waals surface area contributed by atoms with E-state index in [1.54, 1.807) is 0 Å². The zero-order valence-electron chi connectivity index (χ0n) is 12.3. The maximum atomic E-state index is 11.8. The minimum atomic E-state index is -0.349. The molecule has 0 saturated heterocycles. The number of aromatic nitrogens is 4. The fourth-order valence-electron chi connectivity index (χ4n) is 1.95. The maximum absolute atomic E-state index is 11.8. The molecule has 0 spiro atoms. The second-order valence-corrected chi connectivity index (χ2v) is 4.81. The number of rotatable bonds is 6. The summed E-state index contributed by atoms with van der Waals surface area (Å²) in [5.74, 6) is 0.126. The van der Waals surface area contributed by atoms with E-state index in [0.717, 1.165) is 11.1 Å². The van der Waals surface area contributed by atoms with Crippen LogP contribution in [0.2, 0.25) is 0 Å². The largest absolute Gasteiger partial charge is 0.271 e. The molecule has 23 heavy (non-hydrogen) atoms. The number of hydroxylamine groups is 1. The van der Waals surface area contributed by atoms with Gasteiger partial charge in [0.25, 0.3) is 5.91 Å². The predicted molar refractivity (Wildman–Crippen MR) is 82.6 cm³/mol. The first-order valence-electron chi connectivity index (χ1n) is 7.09. The average Bonchev–Trinajstić information content (AvgIpc) is 3.05. The normalized spacial score (nSPS) is 10.4. The molecule has 0 radical (unpaired) electrons. The van der Waals surface area contributed by atoms with Crippen LogP contribution in [0.15, 0.2) is 60.7 Å². The Morgan fingerprint density at radius 3 is 2.48 bits per heavy atom. The minimum absolute atomic E-state index is 0.0609. The zero-order chi connectivity index (χ0) is 15.9. The number of amides is 1. The van der Waals surface area contributed by atoms with Gasteiger partial charge < -0.3 is 0 Å². The van der Waals surface area contributed by atoms with Crippen molar-refractivity contribution in [2.75, 3.05) is 0 Å². The maximum Gasteiger partial charge on any atom is 0.267 e. The van der Waals surface area contributed by atoms with Gasteiger partial charge in [0.15, 0.2) is 0 Å². The van der Waals surface area contributed by atoms with Gasteiger partial charge in [-0.3, -0.25) is 9.63 Å². The number of carbonyl (C=O) groups is 1. The smallest absolute Gasteiger partial charge is 0.267 e. The highest BCUT2D eigenvalue weighted by Crippen LogP contribution is 2.11. The molecule has 0 bridgehead atoms. The van der Waals surface area contributed by atoms with Crippen molar-refractivity contribution in [1.29, 1.82) is 0 Å². The lowest BCUT2D eigenvalue weighted by Gasteiger charge is -2.05. The summed E-state index contributed by atoms with van der Waals surface area (Å²) in [5.41, 5.74) is 4.18. The van der Waals surface area contributed by atoms with E-state index in [4.69, 9.17) is 4.84 Å². The molecule has 3 aromatic rings. The Bertz CT molecular complexity index is 758. The molecule has 2 aromatic carbocycles. The van der Waals surface area contributed by atoms with Gasteiger partial charge in [0.05, 0.1) is 6.61 Å². The molecule has 1 N–H and O–H groups in total. The highest BCUT2D eigenvalue weighted by Gasteiger charge is 2.09. The molecule has 0 aliphatic rings. The zero-order valence-corrected chi connectivity index (χ0v) is 12.3. The highest BCUT2D eigenvalue weighted by atomic mass is 16.6. The Kier molecular flexibility index (Phi) is 4.70. The van der Waals surface area contributed by atoms with Crippen molar-refractivity contribution in [2.45, 2.75) is 13.2 Å². The van der Waals surface area contributed by atoms with Crippen molar-refractivity contribution < 1.29 is 9.63 Å². The summed E-state index contributed by atoms with van der Waals surface area (Å²) in [6.45, 7) is 0.237. The number of nitrogens with zero attached hydrogens (tertiary/aromatic N) is 4. The third-order valence-corrected chi connectivity index (χ3v) is 3.04. The number of benzene rings is 2. The van der Waals surface area contributed by atoms with Crippen LogP contribution >= 0.6 is 0 Å². The van der Waals surface area contributed by atoms with E-state index in [0.29, 0.717) is 12.4 Å². The van der Waals surface area contributed by atoms with Crippen LogP contribution in [0.3, 0.4) is 0 Å². The van der Waals surface area contributed by atoms with Crippen LogP contribution in [0, 0.1) is 0 Å². The van der Waals surface area contributed by atoms with Crippen molar-refractivity contribution >= 4 is 5.91 Å². The summed E-state index contributed by atoms with van der Waals surface area (Å²) < 4.78 is 0. The molecule has 0 unspecified atom stereocenters. The summed E-state index contributed by atoms with van der Waals surface area (Å²) in [6.07, 6.45) is 0. The van der Waals surface area contributed by atoms with Gasteiger partial charge in [-0.2, -0.15) is 4.80 Å².